The number of benzene rings is 1. The molecule has 1 aliphatic rings. The van der Waals surface area contributed by atoms with Gasteiger partial charge < -0.3 is 24.0 Å². The van der Waals surface area contributed by atoms with E-state index in [1.165, 1.54) is 12.3 Å². The lowest BCUT2D eigenvalue weighted by Crippen LogP contribution is -2.36. The van der Waals surface area contributed by atoms with E-state index >= 15 is 0 Å². The van der Waals surface area contributed by atoms with Crippen molar-refractivity contribution < 1.29 is 23.9 Å². The van der Waals surface area contributed by atoms with Gasteiger partial charge in [0, 0.05) is 36.0 Å². The number of morpholine rings is 1. The molecule has 0 unspecified atom stereocenters. The minimum absolute atomic E-state index is 0.0278. The number of nitrogens with zero attached hydrogens (tertiary/aromatic N) is 5. The molecular formula is C26H19N5O5S. The third kappa shape index (κ3) is 5.00. The van der Waals surface area contributed by atoms with Gasteiger partial charge in [0.2, 0.25) is 5.88 Å². The van der Waals surface area contributed by atoms with E-state index in [0.29, 0.717) is 35.1 Å². The number of nitriles is 2. The number of anilines is 1. The summed E-state index contributed by atoms with van der Waals surface area (Å²) in [6.45, 7) is 2.88. The lowest BCUT2D eigenvalue weighted by molar-refractivity contribution is 0.0702. The van der Waals surface area contributed by atoms with Crippen LogP contribution in [0.2, 0.25) is 0 Å². The van der Waals surface area contributed by atoms with E-state index in [1.807, 2.05) is 30.3 Å². The van der Waals surface area contributed by atoms with Crippen molar-refractivity contribution in [1.82, 2.24) is 10.1 Å². The number of carboxylic acid groups (broad SMARTS) is 1. The summed E-state index contributed by atoms with van der Waals surface area (Å²) in [6, 6.07) is 16.7. The molecule has 1 aromatic carbocycles. The number of carbonyl (C=O) groups is 1. The zero-order valence-electron chi connectivity index (χ0n) is 19.4. The Morgan fingerprint density at radius 3 is 2.57 bits per heavy atom. The fraction of sp³-hybridized carbons (Fsp3) is 0.192. The highest BCUT2D eigenvalue weighted by Gasteiger charge is 2.21. The van der Waals surface area contributed by atoms with E-state index in [4.69, 9.17) is 14.0 Å². The summed E-state index contributed by atoms with van der Waals surface area (Å²) in [6.07, 6.45) is 1.48. The molecule has 1 aliphatic heterocycles. The highest BCUT2D eigenvalue weighted by atomic mass is 32.1. The van der Waals surface area contributed by atoms with E-state index < -0.39 is 5.97 Å². The monoisotopic (exact) mass is 513 g/mol. The molecule has 1 fully saturated rings. The summed E-state index contributed by atoms with van der Waals surface area (Å²) in [4.78, 5) is 18.6. The van der Waals surface area contributed by atoms with Gasteiger partial charge in [-0.2, -0.15) is 10.5 Å². The van der Waals surface area contributed by atoms with Crippen molar-refractivity contribution in [3.05, 3.63) is 69.5 Å². The van der Waals surface area contributed by atoms with Crippen LogP contribution >= 0.6 is 11.3 Å². The molecule has 0 saturated carbocycles. The maximum Gasteiger partial charge on any atom is 0.345 e. The fourth-order valence-corrected chi connectivity index (χ4v) is 4.83. The average molecular weight is 514 g/mol. The molecule has 11 heteroatoms. The topological polar surface area (TPSA) is 146 Å². The number of rotatable bonds is 7. The average Bonchev–Trinajstić information content (AvgIpc) is 3.62. The molecule has 184 valence electrons. The molecule has 3 aromatic heterocycles. The van der Waals surface area contributed by atoms with Crippen LogP contribution in [0.15, 0.2) is 53.2 Å². The van der Waals surface area contributed by atoms with Crippen LogP contribution < -0.4 is 9.64 Å². The van der Waals surface area contributed by atoms with Crippen LogP contribution in [0, 0.1) is 22.7 Å². The smallest absolute Gasteiger partial charge is 0.345 e. The number of aromatic nitrogens is 2. The standard InChI is InChI=1S/C26H19N5O5S/c27-13-17-11-23(26(32)33)37-24(17)15-35-25-20(14-28)19(22-5-6-29-36-22)12-21(30-25)16-1-3-18(4-2-16)31-7-9-34-10-8-31/h1-6,11-12H,7-10,15H2,(H,32,33). The summed E-state index contributed by atoms with van der Waals surface area (Å²) in [7, 11) is 0. The van der Waals surface area contributed by atoms with Crippen molar-refractivity contribution >= 4 is 23.0 Å². The number of aromatic carboxylic acids is 1. The summed E-state index contributed by atoms with van der Waals surface area (Å²) >= 11 is 0.943. The third-order valence-corrected chi connectivity index (χ3v) is 6.92. The van der Waals surface area contributed by atoms with E-state index in [-0.39, 0.29) is 28.5 Å². The van der Waals surface area contributed by atoms with Gasteiger partial charge in [-0.25, -0.2) is 9.78 Å². The van der Waals surface area contributed by atoms with Gasteiger partial charge in [-0.3, -0.25) is 0 Å². The van der Waals surface area contributed by atoms with Crippen LogP contribution in [0.3, 0.4) is 0 Å². The molecule has 0 spiro atoms. The van der Waals surface area contributed by atoms with Gasteiger partial charge in [0.1, 0.15) is 29.2 Å². The molecule has 0 radical (unpaired) electrons. The van der Waals surface area contributed by atoms with Crippen molar-refractivity contribution in [2.45, 2.75) is 6.61 Å². The Morgan fingerprint density at radius 1 is 1.14 bits per heavy atom. The molecule has 1 saturated heterocycles. The normalized spacial score (nSPS) is 13.1. The van der Waals surface area contributed by atoms with Crippen LogP contribution in [0.4, 0.5) is 5.69 Å². The molecule has 10 nitrogen and oxygen atoms in total. The first-order chi connectivity index (χ1) is 18.1. The molecule has 4 aromatic rings. The Kier molecular flexibility index (Phi) is 6.81. The number of carboxylic acids is 1. The van der Waals surface area contributed by atoms with Crippen LogP contribution in [-0.2, 0) is 11.3 Å². The Hall–Kier alpha value is -4.71. The zero-order valence-corrected chi connectivity index (χ0v) is 20.2. The minimum atomic E-state index is -1.13. The van der Waals surface area contributed by atoms with Crippen LogP contribution in [0.25, 0.3) is 22.6 Å². The van der Waals surface area contributed by atoms with Gasteiger partial charge in [0.05, 0.1) is 35.5 Å². The molecular weight excluding hydrogens is 494 g/mol. The second-order valence-corrected chi connectivity index (χ2v) is 9.16. The summed E-state index contributed by atoms with van der Waals surface area (Å²) in [5, 5.41) is 32.4. The number of ether oxygens (including phenoxy) is 2. The molecule has 4 heterocycles. The van der Waals surface area contributed by atoms with Gasteiger partial charge in [-0.1, -0.05) is 17.3 Å². The second kappa shape index (κ2) is 10.5. The van der Waals surface area contributed by atoms with Gasteiger partial charge in [0.25, 0.3) is 0 Å². The molecule has 0 atom stereocenters. The molecule has 0 bridgehead atoms. The van der Waals surface area contributed by atoms with Crippen LogP contribution in [0.5, 0.6) is 5.88 Å². The van der Waals surface area contributed by atoms with Crippen molar-refractivity contribution in [3.8, 4) is 40.6 Å². The van der Waals surface area contributed by atoms with Crippen molar-refractivity contribution in [2.24, 2.45) is 0 Å². The number of pyridine rings is 1. The first kappa shape index (κ1) is 24.0. The van der Waals surface area contributed by atoms with Gasteiger partial charge in [-0.05, 0) is 24.3 Å². The maximum atomic E-state index is 11.3. The first-order valence-corrected chi connectivity index (χ1v) is 12.1. The molecule has 0 aliphatic carbocycles. The van der Waals surface area contributed by atoms with Gasteiger partial charge in [-0.15, -0.1) is 11.3 Å². The lowest BCUT2D eigenvalue weighted by atomic mass is 10.0. The van der Waals surface area contributed by atoms with Gasteiger partial charge in [0.15, 0.2) is 5.76 Å². The SMILES string of the molecule is N#Cc1cc(C(=O)O)sc1COc1nc(-c2ccc(N3CCOCC3)cc2)cc(-c2ccno2)c1C#N. The predicted molar refractivity (Wildman–Crippen MR) is 133 cm³/mol. The Morgan fingerprint density at radius 2 is 1.92 bits per heavy atom. The maximum absolute atomic E-state index is 11.3. The highest BCUT2D eigenvalue weighted by Crippen LogP contribution is 2.35. The number of thiophene rings is 1. The van der Waals surface area contributed by atoms with Crippen molar-refractivity contribution in [3.63, 3.8) is 0 Å². The van der Waals surface area contributed by atoms with Crippen LogP contribution in [-0.4, -0.2) is 47.5 Å². The summed E-state index contributed by atoms with van der Waals surface area (Å²) < 4.78 is 16.7. The van der Waals surface area contributed by atoms with Crippen LogP contribution in [0.1, 0.15) is 25.7 Å². The van der Waals surface area contributed by atoms with E-state index in [9.17, 15) is 20.4 Å². The predicted octanol–water partition coefficient (Wildman–Crippen LogP) is 4.32. The quantitative estimate of drug-likeness (QED) is 0.379. The fourth-order valence-electron chi connectivity index (χ4n) is 3.97. The van der Waals surface area contributed by atoms with E-state index in [2.05, 4.69) is 21.1 Å². The molecule has 0 amide bonds. The molecule has 37 heavy (non-hydrogen) atoms. The Bertz CT molecular complexity index is 1510. The van der Waals surface area contributed by atoms with E-state index in [1.54, 1.807) is 12.1 Å². The van der Waals surface area contributed by atoms with E-state index in [0.717, 1.165) is 35.7 Å². The number of hydrogen-bond donors (Lipinski definition) is 1. The van der Waals surface area contributed by atoms with Crippen molar-refractivity contribution in [2.75, 3.05) is 31.2 Å². The number of hydrogen-bond acceptors (Lipinski definition) is 10. The summed E-state index contributed by atoms with van der Waals surface area (Å²) in [5.41, 5.74) is 3.21. The highest BCUT2D eigenvalue weighted by molar-refractivity contribution is 7.14. The molecule has 1 N–H and O–H groups in total. The zero-order chi connectivity index (χ0) is 25.8. The minimum Gasteiger partial charge on any atom is -0.477 e. The summed E-state index contributed by atoms with van der Waals surface area (Å²) in [5.74, 6) is -0.714. The lowest BCUT2D eigenvalue weighted by Gasteiger charge is -2.28. The Labute approximate surface area is 215 Å². The van der Waals surface area contributed by atoms with Crippen molar-refractivity contribution in [1.29, 1.82) is 10.5 Å². The second-order valence-electron chi connectivity index (χ2n) is 8.02. The third-order valence-electron chi connectivity index (χ3n) is 5.82. The van der Waals surface area contributed by atoms with Gasteiger partial charge >= 0.3 is 5.97 Å². The largest absolute Gasteiger partial charge is 0.477 e. The first-order valence-electron chi connectivity index (χ1n) is 11.3. The Balaban J connectivity index is 1.51. The molecule has 5 rings (SSSR count).